The Morgan fingerprint density at radius 3 is 2.48 bits per heavy atom. The number of thiophene rings is 1. The highest BCUT2D eigenvalue weighted by Crippen LogP contribution is 2.34. The van der Waals surface area contributed by atoms with Gasteiger partial charge in [-0.05, 0) is 47.2 Å². The van der Waals surface area contributed by atoms with E-state index in [1.165, 1.54) is 0 Å². The van der Waals surface area contributed by atoms with Crippen molar-refractivity contribution >= 4 is 32.1 Å². The summed E-state index contributed by atoms with van der Waals surface area (Å²) in [4.78, 5) is 1.47. The van der Waals surface area contributed by atoms with Gasteiger partial charge in [0.15, 0.2) is 0 Å². The Labute approximate surface area is 140 Å². The molecule has 3 nitrogen and oxygen atoms in total. The van der Waals surface area contributed by atoms with Crippen LogP contribution in [0.2, 0.25) is 0 Å². The predicted molar refractivity (Wildman–Crippen MR) is 94.0 cm³/mol. The number of sulfonamides is 1. The van der Waals surface area contributed by atoms with Crippen LogP contribution in [0.15, 0.2) is 64.9 Å². The molecule has 0 bridgehead atoms. The van der Waals surface area contributed by atoms with Gasteiger partial charge in [-0.15, -0.1) is 11.3 Å². The SMILES string of the molecule is O=S(=O)(c1ccc2ccccc2c1)N(Cc1cccs1)C1CC1. The Hall–Kier alpha value is -1.69. The fraction of sp³-hybridized carbons (Fsp3) is 0.222. The molecule has 5 heteroatoms. The fourth-order valence-electron chi connectivity index (χ4n) is 2.79. The maximum atomic E-state index is 13.1. The molecule has 2 aromatic carbocycles. The summed E-state index contributed by atoms with van der Waals surface area (Å²) >= 11 is 1.60. The molecule has 1 aromatic heterocycles. The van der Waals surface area contributed by atoms with E-state index in [2.05, 4.69) is 0 Å². The zero-order chi connectivity index (χ0) is 15.9. The third kappa shape index (κ3) is 2.92. The standard InChI is InChI=1S/C18H17NO2S2/c20-23(21,18-10-7-14-4-1-2-5-15(14)12-18)19(16-8-9-16)13-17-6-3-11-22-17/h1-7,10-12,16H,8-9,13H2. The molecule has 0 saturated heterocycles. The lowest BCUT2D eigenvalue weighted by Crippen LogP contribution is -2.32. The highest BCUT2D eigenvalue weighted by Gasteiger charge is 2.38. The third-order valence-corrected chi connectivity index (χ3v) is 6.93. The van der Waals surface area contributed by atoms with E-state index in [0.717, 1.165) is 28.5 Å². The average molecular weight is 343 g/mol. The zero-order valence-electron chi connectivity index (χ0n) is 12.6. The average Bonchev–Trinajstić information content (AvgIpc) is 3.27. The maximum absolute atomic E-state index is 13.1. The number of nitrogens with zero attached hydrogens (tertiary/aromatic N) is 1. The summed E-state index contributed by atoms with van der Waals surface area (Å²) in [5.74, 6) is 0. The van der Waals surface area contributed by atoms with Gasteiger partial charge < -0.3 is 0 Å². The first-order valence-electron chi connectivity index (χ1n) is 7.68. The maximum Gasteiger partial charge on any atom is 0.243 e. The normalized spacial score (nSPS) is 15.3. The Morgan fingerprint density at radius 2 is 1.78 bits per heavy atom. The van der Waals surface area contributed by atoms with Crippen molar-refractivity contribution in [1.82, 2.24) is 4.31 Å². The fourth-order valence-corrected chi connectivity index (χ4v) is 5.28. The molecule has 0 spiro atoms. The Balaban J connectivity index is 1.73. The number of hydrogen-bond acceptors (Lipinski definition) is 3. The van der Waals surface area contributed by atoms with E-state index in [0.29, 0.717) is 11.4 Å². The van der Waals surface area contributed by atoms with Gasteiger partial charge in [-0.3, -0.25) is 0 Å². The van der Waals surface area contributed by atoms with Gasteiger partial charge in [-0.2, -0.15) is 4.31 Å². The highest BCUT2D eigenvalue weighted by atomic mass is 32.2. The lowest BCUT2D eigenvalue weighted by Gasteiger charge is -2.21. The first-order valence-corrected chi connectivity index (χ1v) is 9.99. The van der Waals surface area contributed by atoms with E-state index < -0.39 is 10.0 Å². The minimum Gasteiger partial charge on any atom is -0.207 e. The van der Waals surface area contributed by atoms with Gasteiger partial charge in [-0.1, -0.05) is 36.4 Å². The number of rotatable bonds is 5. The van der Waals surface area contributed by atoms with Gasteiger partial charge in [0.1, 0.15) is 0 Å². The molecule has 0 aliphatic heterocycles. The molecule has 4 rings (SSSR count). The van der Waals surface area contributed by atoms with Crippen molar-refractivity contribution in [1.29, 1.82) is 0 Å². The summed E-state index contributed by atoms with van der Waals surface area (Å²) in [6.45, 7) is 0.470. The van der Waals surface area contributed by atoms with Gasteiger partial charge in [0, 0.05) is 17.5 Å². The summed E-state index contributed by atoms with van der Waals surface area (Å²) in [5, 5.41) is 4.01. The third-order valence-electron chi connectivity index (χ3n) is 4.17. The van der Waals surface area contributed by atoms with E-state index in [1.807, 2.05) is 47.8 Å². The summed E-state index contributed by atoms with van der Waals surface area (Å²) in [6, 6.07) is 17.4. The Morgan fingerprint density at radius 1 is 1.00 bits per heavy atom. The van der Waals surface area contributed by atoms with Crippen molar-refractivity contribution in [3.63, 3.8) is 0 Å². The smallest absolute Gasteiger partial charge is 0.207 e. The van der Waals surface area contributed by atoms with E-state index in [9.17, 15) is 8.42 Å². The summed E-state index contributed by atoms with van der Waals surface area (Å²) in [7, 11) is -3.47. The van der Waals surface area contributed by atoms with Gasteiger partial charge in [0.05, 0.1) is 4.90 Å². The van der Waals surface area contributed by atoms with Gasteiger partial charge in [-0.25, -0.2) is 8.42 Å². The van der Waals surface area contributed by atoms with Crippen LogP contribution in [0.25, 0.3) is 10.8 Å². The largest absolute Gasteiger partial charge is 0.243 e. The van der Waals surface area contributed by atoms with Crippen LogP contribution in [0, 0.1) is 0 Å². The van der Waals surface area contributed by atoms with Crippen LogP contribution in [0.5, 0.6) is 0 Å². The van der Waals surface area contributed by atoms with Crippen molar-refractivity contribution in [3.05, 3.63) is 64.9 Å². The second-order valence-electron chi connectivity index (χ2n) is 5.87. The van der Waals surface area contributed by atoms with E-state index in [-0.39, 0.29) is 6.04 Å². The molecule has 0 radical (unpaired) electrons. The lowest BCUT2D eigenvalue weighted by molar-refractivity contribution is 0.401. The first-order chi connectivity index (χ1) is 11.1. The van der Waals surface area contributed by atoms with E-state index >= 15 is 0 Å². The molecule has 0 amide bonds. The van der Waals surface area contributed by atoms with Crippen molar-refractivity contribution in [3.8, 4) is 0 Å². The minimum atomic E-state index is -3.47. The molecule has 1 heterocycles. The molecule has 23 heavy (non-hydrogen) atoms. The number of benzene rings is 2. The van der Waals surface area contributed by atoms with Crippen molar-refractivity contribution < 1.29 is 8.42 Å². The molecule has 1 fully saturated rings. The second kappa shape index (κ2) is 5.74. The summed E-state index contributed by atoms with van der Waals surface area (Å²) < 4.78 is 27.9. The molecule has 1 aliphatic rings. The van der Waals surface area contributed by atoms with E-state index in [1.54, 1.807) is 27.8 Å². The van der Waals surface area contributed by atoms with Crippen LogP contribution < -0.4 is 0 Å². The molecule has 3 aromatic rings. The Bertz CT molecular complexity index is 929. The molecule has 0 unspecified atom stereocenters. The Kier molecular flexibility index (Phi) is 3.71. The molecular weight excluding hydrogens is 326 g/mol. The number of fused-ring (bicyclic) bond motifs is 1. The topological polar surface area (TPSA) is 37.4 Å². The summed E-state index contributed by atoms with van der Waals surface area (Å²) in [6.07, 6.45) is 1.91. The zero-order valence-corrected chi connectivity index (χ0v) is 14.2. The molecule has 0 N–H and O–H groups in total. The second-order valence-corrected chi connectivity index (χ2v) is 8.79. The predicted octanol–water partition coefficient (Wildman–Crippen LogP) is 4.25. The summed E-state index contributed by atoms with van der Waals surface area (Å²) in [5.41, 5.74) is 0. The van der Waals surface area contributed by atoms with Crippen LogP contribution >= 0.6 is 11.3 Å². The highest BCUT2D eigenvalue weighted by molar-refractivity contribution is 7.89. The quantitative estimate of drug-likeness (QED) is 0.694. The lowest BCUT2D eigenvalue weighted by atomic mass is 10.1. The molecular formula is C18H17NO2S2. The van der Waals surface area contributed by atoms with E-state index in [4.69, 9.17) is 0 Å². The molecule has 1 aliphatic carbocycles. The minimum absolute atomic E-state index is 0.147. The van der Waals surface area contributed by atoms with Gasteiger partial charge >= 0.3 is 0 Å². The van der Waals surface area contributed by atoms with Crippen molar-refractivity contribution in [2.45, 2.75) is 30.3 Å². The van der Waals surface area contributed by atoms with Gasteiger partial charge in [0.25, 0.3) is 0 Å². The molecule has 1 saturated carbocycles. The molecule has 118 valence electrons. The van der Waals surface area contributed by atoms with Crippen LogP contribution in [0.3, 0.4) is 0 Å². The van der Waals surface area contributed by atoms with Crippen molar-refractivity contribution in [2.75, 3.05) is 0 Å². The first kappa shape index (κ1) is 14.9. The van der Waals surface area contributed by atoms with Gasteiger partial charge in [0.2, 0.25) is 10.0 Å². The monoisotopic (exact) mass is 343 g/mol. The van der Waals surface area contributed by atoms with Crippen LogP contribution in [0.1, 0.15) is 17.7 Å². The van der Waals surface area contributed by atoms with Crippen LogP contribution in [0.4, 0.5) is 0 Å². The van der Waals surface area contributed by atoms with Crippen LogP contribution in [-0.2, 0) is 16.6 Å². The van der Waals surface area contributed by atoms with Crippen molar-refractivity contribution in [2.24, 2.45) is 0 Å². The molecule has 0 atom stereocenters. The number of hydrogen-bond donors (Lipinski definition) is 0. The van der Waals surface area contributed by atoms with Crippen LogP contribution in [-0.4, -0.2) is 18.8 Å².